The van der Waals surface area contributed by atoms with E-state index in [-0.39, 0.29) is 22.7 Å². The van der Waals surface area contributed by atoms with Gasteiger partial charge >= 0.3 is 179 Å². The molecule has 0 aliphatic heterocycles. The van der Waals surface area contributed by atoms with Gasteiger partial charge in [0.15, 0.2) is 0 Å². The number of aliphatic carboxylic acids is 2. The van der Waals surface area contributed by atoms with Crippen LogP contribution in [-0.2, 0) is 25.6 Å². The molecule has 3 unspecified atom stereocenters. The predicted molar refractivity (Wildman–Crippen MR) is 104 cm³/mol. The third kappa shape index (κ3) is 10.1. The van der Waals surface area contributed by atoms with Gasteiger partial charge < -0.3 is 0 Å². The van der Waals surface area contributed by atoms with Crippen molar-refractivity contribution in [2.75, 3.05) is 12.3 Å². The van der Waals surface area contributed by atoms with E-state index in [2.05, 4.69) is 32.4 Å². The molecule has 2 amide bonds. The SMILES string of the molecule is [NH3+]C(CCC(=O)NC(CSC([Se])Cc1cccs1)C(=O)NCC(=O)O)C(=O)[O-]. The number of hydrogen-bond acceptors (Lipinski definition) is 7. The van der Waals surface area contributed by atoms with Crippen LogP contribution in [0.1, 0.15) is 17.7 Å². The Morgan fingerprint density at radius 2 is 2.07 bits per heavy atom. The number of carboxylic acids is 2. The van der Waals surface area contributed by atoms with Crippen LogP contribution in [0.25, 0.3) is 0 Å². The summed E-state index contributed by atoms with van der Waals surface area (Å²) in [4.78, 5) is 46.8. The molecule has 1 radical (unpaired) electrons. The minimum absolute atomic E-state index is 0.0205. The number of carbonyl (C=O) groups is 4. The van der Waals surface area contributed by atoms with Gasteiger partial charge in [0.1, 0.15) is 0 Å². The third-order valence-electron chi connectivity index (χ3n) is 3.52. The fraction of sp³-hybridized carbons (Fsp3) is 0.500. The standard InChI is InChI=1S/C16H22N3O6S2Se/c17-10(16(24)25)3-4-12(20)19-11(15(23)18-7-13(21)22)8-27-14(28)6-9-2-1-5-26-9/h1-2,5,10-11,14H,3-4,6-8,17H2,(H,18,23)(H,19,20)(H,21,22)(H,24,25). The average Bonchev–Trinajstić information content (AvgIpc) is 3.13. The Balaban J connectivity index is 2.59. The van der Waals surface area contributed by atoms with E-state index in [0.717, 1.165) is 6.42 Å². The first-order valence-electron chi connectivity index (χ1n) is 8.31. The van der Waals surface area contributed by atoms with Gasteiger partial charge in [-0.15, -0.1) is 0 Å². The fourth-order valence-corrected chi connectivity index (χ4v) is 4.92. The third-order valence-corrected chi connectivity index (χ3v) is 6.68. The first-order chi connectivity index (χ1) is 13.2. The average molecular weight is 495 g/mol. The van der Waals surface area contributed by atoms with E-state index in [4.69, 9.17) is 5.11 Å². The van der Waals surface area contributed by atoms with Crippen molar-refractivity contribution in [2.24, 2.45) is 0 Å². The summed E-state index contributed by atoms with van der Waals surface area (Å²) in [5.41, 5.74) is 3.37. The quantitative estimate of drug-likeness (QED) is 0.217. The molecule has 28 heavy (non-hydrogen) atoms. The Kier molecular flexibility index (Phi) is 11.2. The maximum atomic E-state index is 12.2. The van der Waals surface area contributed by atoms with Gasteiger partial charge in [-0.3, -0.25) is 0 Å². The van der Waals surface area contributed by atoms with Crippen molar-refractivity contribution in [3.63, 3.8) is 0 Å². The summed E-state index contributed by atoms with van der Waals surface area (Å²) in [6.45, 7) is -0.557. The van der Waals surface area contributed by atoms with Crippen molar-refractivity contribution in [3.8, 4) is 0 Å². The Bertz CT molecular complexity index is 673. The van der Waals surface area contributed by atoms with Gasteiger partial charge in [0.2, 0.25) is 0 Å². The van der Waals surface area contributed by atoms with Crippen LogP contribution in [0.5, 0.6) is 0 Å². The van der Waals surface area contributed by atoms with Crippen LogP contribution in [0.3, 0.4) is 0 Å². The Morgan fingerprint density at radius 3 is 2.64 bits per heavy atom. The van der Waals surface area contributed by atoms with Gasteiger partial charge in [0.25, 0.3) is 0 Å². The second-order valence-corrected chi connectivity index (χ2v) is 9.97. The number of thioether (sulfide) groups is 1. The van der Waals surface area contributed by atoms with Crippen molar-refractivity contribution in [1.82, 2.24) is 10.6 Å². The molecule has 0 aliphatic carbocycles. The van der Waals surface area contributed by atoms with Crippen molar-refractivity contribution in [1.29, 1.82) is 0 Å². The van der Waals surface area contributed by atoms with Crippen LogP contribution in [0.2, 0.25) is 0 Å². The number of rotatable bonds is 13. The molecule has 12 heteroatoms. The van der Waals surface area contributed by atoms with Crippen molar-refractivity contribution < 1.29 is 35.1 Å². The molecule has 0 saturated carbocycles. The maximum absolute atomic E-state index is 12.2. The summed E-state index contributed by atoms with van der Waals surface area (Å²) in [6, 6.07) is 1.98. The summed E-state index contributed by atoms with van der Waals surface area (Å²) in [5, 5.41) is 26.1. The van der Waals surface area contributed by atoms with Gasteiger partial charge in [0, 0.05) is 0 Å². The zero-order valence-electron chi connectivity index (χ0n) is 14.9. The van der Waals surface area contributed by atoms with Crippen LogP contribution in [0.15, 0.2) is 17.5 Å². The number of carboxylic acid groups (broad SMARTS) is 2. The fourth-order valence-electron chi connectivity index (χ4n) is 2.01. The zero-order valence-corrected chi connectivity index (χ0v) is 18.3. The molecule has 3 atom stereocenters. The topological polar surface area (TPSA) is 163 Å². The molecule has 1 rings (SSSR count). The molecular weight excluding hydrogens is 473 g/mol. The predicted octanol–water partition coefficient (Wildman–Crippen LogP) is -2.66. The molecule has 1 heterocycles. The molecule has 9 nitrogen and oxygen atoms in total. The number of nitrogens with one attached hydrogen (secondary N) is 2. The van der Waals surface area contributed by atoms with E-state index >= 15 is 0 Å². The molecule has 1 aromatic heterocycles. The van der Waals surface area contributed by atoms with Crippen molar-refractivity contribution >= 4 is 62.9 Å². The van der Waals surface area contributed by atoms with E-state index in [1.54, 1.807) is 11.3 Å². The van der Waals surface area contributed by atoms with Crippen LogP contribution in [0.4, 0.5) is 0 Å². The molecule has 0 bridgehead atoms. The number of quaternary nitrogens is 1. The van der Waals surface area contributed by atoms with Gasteiger partial charge in [-0.25, -0.2) is 0 Å². The number of hydrogen-bond donors (Lipinski definition) is 4. The van der Waals surface area contributed by atoms with E-state index in [1.807, 2.05) is 17.5 Å². The number of carbonyl (C=O) groups excluding carboxylic acids is 3. The number of thiophene rings is 1. The van der Waals surface area contributed by atoms with Gasteiger partial charge in [0.05, 0.1) is 0 Å². The van der Waals surface area contributed by atoms with Crippen LogP contribution >= 0.6 is 23.1 Å². The molecule has 1 aromatic rings. The summed E-state index contributed by atoms with van der Waals surface area (Å²) in [5.74, 6) is -3.44. The monoisotopic (exact) mass is 496 g/mol. The van der Waals surface area contributed by atoms with Gasteiger partial charge in [-0.05, 0) is 0 Å². The van der Waals surface area contributed by atoms with E-state index in [1.165, 1.54) is 16.6 Å². The van der Waals surface area contributed by atoms with Crippen molar-refractivity contribution in [3.05, 3.63) is 22.4 Å². The van der Waals surface area contributed by atoms with Crippen LogP contribution < -0.4 is 21.5 Å². The van der Waals surface area contributed by atoms with E-state index < -0.39 is 42.4 Å². The molecule has 0 fully saturated rings. The van der Waals surface area contributed by atoms with E-state index in [0.29, 0.717) is 0 Å². The molecule has 0 saturated heterocycles. The molecule has 6 N–H and O–H groups in total. The van der Waals surface area contributed by atoms with Crippen molar-refractivity contribution in [2.45, 2.75) is 35.5 Å². The second kappa shape index (κ2) is 12.8. The molecular formula is C16H22N3O6S2Se. The zero-order chi connectivity index (χ0) is 21.1. The molecule has 0 aliphatic rings. The van der Waals surface area contributed by atoms with Gasteiger partial charge in [-0.2, -0.15) is 0 Å². The van der Waals surface area contributed by atoms with Gasteiger partial charge in [-0.1, -0.05) is 0 Å². The summed E-state index contributed by atoms with van der Waals surface area (Å²) < 4.78 is 0.0626. The van der Waals surface area contributed by atoms with E-state index in [9.17, 15) is 24.3 Å². The Labute approximate surface area is 178 Å². The summed E-state index contributed by atoms with van der Waals surface area (Å²) in [7, 11) is 0. The molecule has 0 aromatic carbocycles. The summed E-state index contributed by atoms with van der Waals surface area (Å²) >= 11 is 6.06. The molecule has 0 spiro atoms. The Morgan fingerprint density at radius 1 is 1.36 bits per heavy atom. The van der Waals surface area contributed by atoms with Crippen LogP contribution in [0, 0.1) is 0 Å². The molecule has 155 valence electrons. The summed E-state index contributed by atoms with van der Waals surface area (Å²) in [6.07, 6.45) is 0.605. The minimum atomic E-state index is -1.35. The first-order valence-corrected chi connectivity index (χ1v) is 11.2. The first kappa shape index (κ1) is 24.4. The normalized spacial score (nSPS) is 13.9. The van der Waals surface area contributed by atoms with Crippen LogP contribution in [-0.4, -0.2) is 73.4 Å². The second-order valence-electron chi connectivity index (χ2n) is 5.83. The Hall–Kier alpha value is -1.59. The number of amides is 2.